The molecule has 7 heteroatoms. The number of rotatable bonds is 6. The predicted molar refractivity (Wildman–Crippen MR) is 105 cm³/mol. The molecule has 0 unspecified atom stereocenters. The summed E-state index contributed by atoms with van der Waals surface area (Å²) in [4.78, 5) is 13.9. The number of nitrogens with two attached hydrogens (primary N) is 2. The summed E-state index contributed by atoms with van der Waals surface area (Å²) < 4.78 is 6.02. The van der Waals surface area contributed by atoms with Crippen molar-refractivity contribution in [3.8, 4) is 5.75 Å². The molecule has 0 saturated heterocycles. The minimum Gasteiger partial charge on any atom is -0.493 e. The van der Waals surface area contributed by atoms with E-state index in [2.05, 4.69) is 55.9 Å². The lowest BCUT2D eigenvalue weighted by molar-refractivity contribution is -0.158. The lowest BCUT2D eigenvalue weighted by Crippen LogP contribution is -2.53. The van der Waals surface area contributed by atoms with Crippen molar-refractivity contribution in [2.45, 2.75) is 59.0 Å². The molecule has 0 aromatic heterocycles. The summed E-state index contributed by atoms with van der Waals surface area (Å²) in [6, 6.07) is 6.33. The van der Waals surface area contributed by atoms with Gasteiger partial charge in [0, 0.05) is 6.42 Å². The van der Waals surface area contributed by atoms with Gasteiger partial charge in [-0.05, 0) is 43.4 Å². The zero-order valence-corrected chi connectivity index (χ0v) is 16.7. The van der Waals surface area contributed by atoms with Gasteiger partial charge in [-0.25, -0.2) is 4.99 Å². The van der Waals surface area contributed by atoms with Gasteiger partial charge in [0.1, 0.15) is 5.75 Å². The van der Waals surface area contributed by atoms with Crippen molar-refractivity contribution in [3.05, 3.63) is 29.3 Å². The van der Waals surface area contributed by atoms with Crippen LogP contribution < -0.4 is 16.2 Å². The highest BCUT2D eigenvalue weighted by Gasteiger charge is 2.33. The van der Waals surface area contributed by atoms with Crippen LogP contribution in [-0.2, 0) is 10.3 Å². The molecule has 0 saturated carbocycles. The first-order valence-electron chi connectivity index (χ1n) is 8.87. The summed E-state index contributed by atoms with van der Waals surface area (Å²) >= 11 is 0. The molecule has 26 heavy (non-hydrogen) atoms. The van der Waals surface area contributed by atoms with Crippen molar-refractivity contribution in [3.63, 3.8) is 0 Å². The summed E-state index contributed by atoms with van der Waals surface area (Å²) in [7, 11) is 0. The molecular formula is C19H31N5O2. The van der Waals surface area contributed by atoms with E-state index in [0.717, 1.165) is 5.75 Å². The predicted octanol–water partition coefficient (Wildman–Crippen LogP) is 2.67. The number of aliphatic imine (C=N–C) groups is 2. The van der Waals surface area contributed by atoms with E-state index in [1.807, 2.05) is 13.8 Å². The number of nitrogens with zero attached hydrogens (tertiary/aromatic N) is 3. The van der Waals surface area contributed by atoms with Crippen LogP contribution in [0.3, 0.4) is 0 Å². The summed E-state index contributed by atoms with van der Waals surface area (Å²) in [6.07, 6.45) is 0.705. The van der Waals surface area contributed by atoms with E-state index in [1.165, 1.54) is 16.2 Å². The van der Waals surface area contributed by atoms with Gasteiger partial charge in [-0.3, -0.25) is 4.84 Å². The van der Waals surface area contributed by atoms with Gasteiger partial charge in [0.05, 0.1) is 13.2 Å². The number of hydroxylamine groups is 2. The van der Waals surface area contributed by atoms with Crippen LogP contribution in [0.1, 0.15) is 52.2 Å². The number of aryl methyl sites for hydroxylation is 1. The van der Waals surface area contributed by atoms with Gasteiger partial charge in [0.15, 0.2) is 5.66 Å². The molecule has 0 radical (unpaired) electrons. The van der Waals surface area contributed by atoms with Gasteiger partial charge in [0.2, 0.25) is 11.9 Å². The molecule has 2 rings (SSSR count). The van der Waals surface area contributed by atoms with Crippen molar-refractivity contribution in [2.24, 2.45) is 21.5 Å². The van der Waals surface area contributed by atoms with Gasteiger partial charge < -0.3 is 16.2 Å². The third kappa shape index (κ3) is 4.88. The van der Waals surface area contributed by atoms with E-state index < -0.39 is 5.66 Å². The van der Waals surface area contributed by atoms with E-state index in [9.17, 15) is 0 Å². The van der Waals surface area contributed by atoms with Gasteiger partial charge in [-0.15, -0.1) is 0 Å². The average Bonchev–Trinajstić information content (AvgIpc) is 2.47. The molecule has 0 fully saturated rings. The average molecular weight is 361 g/mol. The Kier molecular flexibility index (Phi) is 5.81. The second-order valence-electron chi connectivity index (χ2n) is 8.01. The molecule has 1 aliphatic heterocycles. The largest absolute Gasteiger partial charge is 0.493 e. The summed E-state index contributed by atoms with van der Waals surface area (Å²) in [5.41, 5.74) is 13.3. The maximum atomic E-state index is 6.02. The van der Waals surface area contributed by atoms with Crippen molar-refractivity contribution >= 4 is 11.9 Å². The number of hydrogen-bond donors (Lipinski definition) is 2. The lowest BCUT2D eigenvalue weighted by Gasteiger charge is -2.36. The van der Waals surface area contributed by atoms with Crippen LogP contribution in [0.2, 0.25) is 0 Å². The van der Waals surface area contributed by atoms with E-state index in [-0.39, 0.29) is 17.3 Å². The molecule has 4 N–H and O–H groups in total. The fourth-order valence-electron chi connectivity index (χ4n) is 2.78. The smallest absolute Gasteiger partial charge is 0.226 e. The van der Waals surface area contributed by atoms with Crippen LogP contribution in [0.4, 0.5) is 0 Å². The van der Waals surface area contributed by atoms with Crippen molar-refractivity contribution < 1.29 is 9.57 Å². The van der Waals surface area contributed by atoms with Gasteiger partial charge in [0.25, 0.3) is 0 Å². The zero-order valence-electron chi connectivity index (χ0n) is 16.7. The van der Waals surface area contributed by atoms with Crippen LogP contribution in [0.25, 0.3) is 0 Å². The third-order valence-corrected chi connectivity index (χ3v) is 4.03. The Hall–Kier alpha value is -2.28. The fraction of sp³-hybridized carbons (Fsp3) is 0.579. The highest BCUT2D eigenvalue weighted by atomic mass is 16.7. The SMILES string of the molecule is Cc1ccc(C(C)(C)C)c(OCCCON2C(N)=NC(N)=NC2(C)C)c1. The molecule has 0 spiro atoms. The van der Waals surface area contributed by atoms with Crippen LogP contribution in [0.5, 0.6) is 5.75 Å². The molecule has 1 heterocycles. The number of guanidine groups is 2. The second kappa shape index (κ2) is 7.53. The van der Waals surface area contributed by atoms with Crippen molar-refractivity contribution in [1.29, 1.82) is 0 Å². The van der Waals surface area contributed by atoms with Crippen molar-refractivity contribution in [2.75, 3.05) is 13.2 Å². The van der Waals surface area contributed by atoms with Crippen LogP contribution in [0.15, 0.2) is 28.2 Å². The normalized spacial score (nSPS) is 16.9. The highest BCUT2D eigenvalue weighted by Crippen LogP contribution is 2.32. The standard InChI is InChI=1S/C19H31N5O2/c1-13-8-9-14(18(2,3)4)15(12-13)25-10-7-11-26-24-17(21)22-16(20)23-19(24,5)6/h8-9,12H,7,10-11H2,1-6H3,(H4,20,21,22,23). The minimum absolute atomic E-state index is 0.0280. The Balaban J connectivity index is 1.89. The molecular weight excluding hydrogens is 330 g/mol. The van der Waals surface area contributed by atoms with Gasteiger partial charge in [-0.2, -0.15) is 10.1 Å². The number of hydrogen-bond acceptors (Lipinski definition) is 7. The first-order valence-corrected chi connectivity index (χ1v) is 8.87. The second-order valence-corrected chi connectivity index (χ2v) is 8.01. The molecule has 7 nitrogen and oxygen atoms in total. The molecule has 1 aromatic rings. The zero-order chi connectivity index (χ0) is 19.5. The van der Waals surface area contributed by atoms with Gasteiger partial charge in [-0.1, -0.05) is 32.9 Å². The maximum Gasteiger partial charge on any atom is 0.226 e. The molecule has 0 atom stereocenters. The maximum absolute atomic E-state index is 6.02. The molecule has 1 aliphatic rings. The monoisotopic (exact) mass is 361 g/mol. The molecule has 144 valence electrons. The van der Waals surface area contributed by atoms with Crippen LogP contribution >= 0.6 is 0 Å². The van der Waals surface area contributed by atoms with Gasteiger partial charge >= 0.3 is 0 Å². The lowest BCUT2D eigenvalue weighted by atomic mass is 9.86. The van der Waals surface area contributed by atoms with Crippen LogP contribution in [0, 0.1) is 6.92 Å². The summed E-state index contributed by atoms with van der Waals surface area (Å²) in [5, 5.41) is 1.48. The third-order valence-electron chi connectivity index (χ3n) is 4.03. The van der Waals surface area contributed by atoms with E-state index in [1.54, 1.807) is 0 Å². The first kappa shape index (κ1) is 20.0. The van der Waals surface area contributed by atoms with E-state index in [0.29, 0.717) is 19.6 Å². The molecule has 1 aromatic carbocycles. The van der Waals surface area contributed by atoms with E-state index in [4.69, 9.17) is 21.0 Å². The number of ether oxygens (including phenoxy) is 1. The first-order chi connectivity index (χ1) is 12.0. The molecule has 0 bridgehead atoms. The quantitative estimate of drug-likeness (QED) is 0.759. The van der Waals surface area contributed by atoms with Crippen molar-refractivity contribution in [1.82, 2.24) is 5.06 Å². The Morgan fingerprint density at radius 1 is 1.15 bits per heavy atom. The summed E-state index contributed by atoms with van der Waals surface area (Å²) in [6.45, 7) is 13.3. The Labute approximate surface area is 156 Å². The van der Waals surface area contributed by atoms with E-state index >= 15 is 0 Å². The Bertz CT molecular complexity index is 704. The highest BCUT2D eigenvalue weighted by molar-refractivity contribution is 5.95. The summed E-state index contributed by atoms with van der Waals surface area (Å²) in [5.74, 6) is 1.29. The Morgan fingerprint density at radius 2 is 1.85 bits per heavy atom. The fourth-order valence-corrected chi connectivity index (χ4v) is 2.78. The number of benzene rings is 1. The minimum atomic E-state index is -0.688. The molecule has 0 aliphatic carbocycles. The topological polar surface area (TPSA) is 98.5 Å². The Morgan fingerprint density at radius 3 is 2.46 bits per heavy atom. The van der Waals surface area contributed by atoms with Crippen LogP contribution in [-0.4, -0.2) is 35.9 Å². The molecule has 0 amide bonds.